The molecule has 1 saturated heterocycles. The van der Waals surface area contributed by atoms with E-state index in [0.29, 0.717) is 19.3 Å². The lowest BCUT2D eigenvalue weighted by atomic mass is 10.0. The van der Waals surface area contributed by atoms with E-state index in [9.17, 15) is 4.79 Å². The molecule has 0 unspecified atom stereocenters. The molecule has 1 amide bonds. The van der Waals surface area contributed by atoms with Crippen molar-refractivity contribution in [3.63, 3.8) is 0 Å². The highest BCUT2D eigenvalue weighted by Gasteiger charge is 2.22. The summed E-state index contributed by atoms with van der Waals surface area (Å²) in [6.45, 7) is 6.94. The van der Waals surface area contributed by atoms with Gasteiger partial charge in [0.25, 0.3) is 0 Å². The molecule has 130 valence electrons. The number of amides is 1. The molecule has 3 rings (SSSR count). The lowest BCUT2D eigenvalue weighted by Gasteiger charge is -2.29. The lowest BCUT2D eigenvalue weighted by Crippen LogP contribution is -3.13. The van der Waals surface area contributed by atoms with Gasteiger partial charge in [0.1, 0.15) is 13.2 Å². The van der Waals surface area contributed by atoms with Crippen molar-refractivity contribution in [2.24, 2.45) is 0 Å². The van der Waals surface area contributed by atoms with Crippen molar-refractivity contribution in [1.82, 2.24) is 5.32 Å². The second kappa shape index (κ2) is 8.20. The Hall–Kier alpha value is -2.01. The van der Waals surface area contributed by atoms with Crippen LogP contribution in [-0.2, 0) is 4.79 Å². The predicted octanol–water partition coefficient (Wildman–Crippen LogP) is 1.04. The number of ether oxygens (including phenoxy) is 2. The van der Waals surface area contributed by atoms with Crippen molar-refractivity contribution in [1.29, 1.82) is 0 Å². The van der Waals surface area contributed by atoms with Gasteiger partial charge in [-0.2, -0.15) is 0 Å². The molecule has 0 spiro atoms. The molecule has 2 aliphatic rings. The van der Waals surface area contributed by atoms with E-state index in [1.54, 1.807) is 11.0 Å². The molecule has 2 N–H and O–H groups in total. The van der Waals surface area contributed by atoms with E-state index < -0.39 is 0 Å². The van der Waals surface area contributed by atoms with Gasteiger partial charge in [0.15, 0.2) is 11.5 Å². The molecule has 0 bridgehead atoms. The molecule has 0 atom stereocenters. The van der Waals surface area contributed by atoms with Gasteiger partial charge in [0.05, 0.1) is 19.6 Å². The number of hydrogen-bond donors (Lipinski definition) is 2. The van der Waals surface area contributed by atoms with E-state index in [1.165, 1.54) is 13.0 Å². The van der Waals surface area contributed by atoms with E-state index in [4.69, 9.17) is 9.47 Å². The second-order valence-corrected chi connectivity index (χ2v) is 6.52. The maximum Gasteiger partial charge on any atom is 0.244 e. The van der Waals surface area contributed by atoms with Crippen LogP contribution in [-0.4, -0.2) is 44.8 Å². The molecule has 1 aromatic carbocycles. The average Bonchev–Trinajstić information content (AvgIpc) is 2.62. The molecule has 0 aliphatic carbocycles. The third-order valence-corrected chi connectivity index (χ3v) is 4.64. The van der Waals surface area contributed by atoms with E-state index >= 15 is 0 Å². The quantitative estimate of drug-likeness (QED) is 0.793. The molecule has 1 aromatic rings. The molecule has 2 heterocycles. The monoisotopic (exact) mass is 331 g/mol. The second-order valence-electron chi connectivity index (χ2n) is 6.52. The van der Waals surface area contributed by atoms with Gasteiger partial charge in [0.2, 0.25) is 5.91 Å². The van der Waals surface area contributed by atoms with Crippen molar-refractivity contribution in [2.75, 3.05) is 32.8 Å². The molecule has 5 nitrogen and oxygen atoms in total. The maximum atomic E-state index is 12.1. The van der Waals surface area contributed by atoms with Gasteiger partial charge in [0, 0.05) is 25.0 Å². The number of rotatable bonds is 5. The van der Waals surface area contributed by atoms with Crippen molar-refractivity contribution in [3.8, 4) is 11.5 Å². The van der Waals surface area contributed by atoms with Crippen LogP contribution in [0.3, 0.4) is 0 Å². The number of quaternary nitrogens is 1. The Bertz CT molecular complexity index is 592. The highest BCUT2D eigenvalue weighted by molar-refractivity contribution is 5.92. The summed E-state index contributed by atoms with van der Waals surface area (Å²) in [5.74, 6) is 1.49. The summed E-state index contributed by atoms with van der Waals surface area (Å²) < 4.78 is 11.1. The maximum absolute atomic E-state index is 12.1. The van der Waals surface area contributed by atoms with E-state index in [2.05, 4.69) is 12.2 Å². The fourth-order valence-corrected chi connectivity index (χ4v) is 3.36. The number of likely N-dealkylation sites (tertiary alicyclic amines) is 1. The normalized spacial score (nSPS) is 23.2. The fraction of sp³-hybridized carbons (Fsp3) is 0.526. The van der Waals surface area contributed by atoms with Crippen LogP contribution in [0.5, 0.6) is 11.5 Å². The highest BCUT2D eigenvalue weighted by atomic mass is 16.6. The van der Waals surface area contributed by atoms with Crippen LogP contribution < -0.4 is 19.7 Å². The molecule has 0 radical (unpaired) electrons. The van der Waals surface area contributed by atoms with E-state index in [0.717, 1.165) is 43.0 Å². The van der Waals surface area contributed by atoms with Crippen molar-refractivity contribution in [3.05, 3.63) is 29.8 Å². The highest BCUT2D eigenvalue weighted by Crippen LogP contribution is 2.31. The first-order valence-corrected chi connectivity index (χ1v) is 8.96. The molecular formula is C19H27N2O3+. The third-order valence-electron chi connectivity index (χ3n) is 4.64. The van der Waals surface area contributed by atoms with Crippen molar-refractivity contribution in [2.45, 2.75) is 32.2 Å². The minimum atomic E-state index is -0.0196. The Morgan fingerprint density at radius 2 is 2.00 bits per heavy atom. The topological polar surface area (TPSA) is 52.0 Å². The van der Waals surface area contributed by atoms with Crippen LogP contribution in [0.25, 0.3) is 6.08 Å². The van der Waals surface area contributed by atoms with Crippen LogP contribution in [0.1, 0.15) is 31.7 Å². The number of carbonyl (C=O) groups excluding carboxylic acids is 1. The van der Waals surface area contributed by atoms with Crippen molar-refractivity contribution >= 4 is 12.0 Å². The van der Waals surface area contributed by atoms with Crippen LogP contribution in [0, 0.1) is 0 Å². The van der Waals surface area contributed by atoms with Gasteiger partial charge in [-0.05, 0) is 30.2 Å². The summed E-state index contributed by atoms with van der Waals surface area (Å²) in [6.07, 6.45) is 6.80. The van der Waals surface area contributed by atoms with Crippen LogP contribution in [0.4, 0.5) is 0 Å². The van der Waals surface area contributed by atoms with Gasteiger partial charge < -0.3 is 19.7 Å². The Labute approximate surface area is 143 Å². The Morgan fingerprint density at radius 3 is 2.75 bits per heavy atom. The zero-order valence-electron chi connectivity index (χ0n) is 14.3. The molecular weight excluding hydrogens is 304 g/mol. The van der Waals surface area contributed by atoms with Crippen LogP contribution in [0.2, 0.25) is 0 Å². The summed E-state index contributed by atoms with van der Waals surface area (Å²) in [5, 5.41) is 3.12. The molecule has 0 saturated carbocycles. The largest absolute Gasteiger partial charge is 0.486 e. The summed E-state index contributed by atoms with van der Waals surface area (Å²) >= 11 is 0. The molecule has 1 fully saturated rings. The third kappa shape index (κ3) is 4.51. The van der Waals surface area contributed by atoms with E-state index in [-0.39, 0.29) is 5.91 Å². The summed E-state index contributed by atoms with van der Waals surface area (Å²) in [5.41, 5.74) is 0.941. The summed E-state index contributed by atoms with van der Waals surface area (Å²) in [4.78, 5) is 13.8. The first-order chi connectivity index (χ1) is 11.7. The predicted molar refractivity (Wildman–Crippen MR) is 93.5 cm³/mol. The smallest absolute Gasteiger partial charge is 0.244 e. The molecule has 24 heavy (non-hydrogen) atoms. The molecule has 0 aromatic heterocycles. The number of piperidine rings is 1. The Balaban J connectivity index is 1.49. The summed E-state index contributed by atoms with van der Waals surface area (Å²) in [6, 6.07) is 6.04. The number of hydrogen-bond acceptors (Lipinski definition) is 3. The number of carbonyl (C=O) groups is 1. The zero-order valence-corrected chi connectivity index (χ0v) is 14.3. The Kier molecular flexibility index (Phi) is 5.75. The van der Waals surface area contributed by atoms with Gasteiger partial charge in [-0.25, -0.2) is 0 Å². The van der Waals surface area contributed by atoms with Gasteiger partial charge in [-0.1, -0.05) is 13.0 Å². The van der Waals surface area contributed by atoms with Gasteiger partial charge in [-0.15, -0.1) is 0 Å². The minimum Gasteiger partial charge on any atom is -0.486 e. The SMILES string of the molecule is CCC[NH+]1CCC(NC(=O)/C=C/c2ccc3c(c2)OCCO3)CC1. The molecule has 2 aliphatic heterocycles. The van der Waals surface area contributed by atoms with Crippen LogP contribution in [0.15, 0.2) is 24.3 Å². The lowest BCUT2D eigenvalue weighted by molar-refractivity contribution is -0.905. The number of benzene rings is 1. The summed E-state index contributed by atoms with van der Waals surface area (Å²) in [7, 11) is 0. The standard InChI is InChI=1S/C19H26N2O3/c1-2-9-21-10-7-16(8-11-21)20-19(22)6-4-15-3-5-17-18(14-15)24-13-12-23-17/h3-6,14,16H,2,7-13H2,1H3,(H,20,22)/p+1/b6-4+. The van der Waals surface area contributed by atoms with Crippen LogP contribution >= 0.6 is 0 Å². The fourth-order valence-electron chi connectivity index (χ4n) is 3.36. The van der Waals surface area contributed by atoms with E-state index in [1.807, 2.05) is 24.3 Å². The average molecular weight is 331 g/mol. The zero-order chi connectivity index (χ0) is 16.8. The first kappa shape index (κ1) is 16.8. The Morgan fingerprint density at radius 1 is 1.25 bits per heavy atom. The number of nitrogens with one attached hydrogen (secondary N) is 2. The first-order valence-electron chi connectivity index (χ1n) is 8.96. The van der Waals surface area contributed by atoms with Crippen molar-refractivity contribution < 1.29 is 19.2 Å². The molecule has 5 heteroatoms. The van der Waals surface area contributed by atoms with Gasteiger partial charge in [-0.3, -0.25) is 4.79 Å². The minimum absolute atomic E-state index is 0.0196. The van der Waals surface area contributed by atoms with Gasteiger partial charge >= 0.3 is 0 Å². The number of fused-ring (bicyclic) bond motifs is 1.